The lowest BCUT2D eigenvalue weighted by Crippen LogP contribution is -2.24. The summed E-state index contributed by atoms with van der Waals surface area (Å²) in [6.45, 7) is 2.69. The number of amides is 1. The van der Waals surface area contributed by atoms with Gasteiger partial charge in [-0.05, 0) is 56.2 Å². The number of hydrogen-bond donors (Lipinski definition) is 1. The van der Waals surface area contributed by atoms with Gasteiger partial charge in [-0.25, -0.2) is 9.97 Å². The molecule has 6 nitrogen and oxygen atoms in total. The van der Waals surface area contributed by atoms with Gasteiger partial charge in [0, 0.05) is 24.2 Å². The van der Waals surface area contributed by atoms with Crippen LogP contribution in [0.15, 0.2) is 41.2 Å². The van der Waals surface area contributed by atoms with E-state index in [-0.39, 0.29) is 11.5 Å². The Morgan fingerprint density at radius 3 is 2.86 bits per heavy atom. The molecule has 0 bridgehead atoms. The minimum atomic E-state index is -0.218. The fourth-order valence-electron chi connectivity index (χ4n) is 3.88. The lowest BCUT2D eigenvalue weighted by atomic mass is 10.1. The van der Waals surface area contributed by atoms with Crippen molar-refractivity contribution < 1.29 is 4.79 Å². The Hall–Kier alpha value is -3.06. The maximum Gasteiger partial charge on any atom is 0.261 e. The van der Waals surface area contributed by atoms with Crippen molar-refractivity contribution in [2.45, 2.75) is 39.2 Å². The third-order valence-electron chi connectivity index (χ3n) is 5.33. The molecule has 0 aliphatic carbocycles. The number of anilines is 1. The van der Waals surface area contributed by atoms with Gasteiger partial charge in [0.05, 0.1) is 26.1 Å². The van der Waals surface area contributed by atoms with Crippen LogP contribution in [0.25, 0.3) is 21.1 Å². The molecule has 2 aromatic heterocycles. The van der Waals surface area contributed by atoms with Crippen molar-refractivity contribution in [3.8, 4) is 0 Å². The normalized spacial score (nSPS) is 14.0. The zero-order chi connectivity index (χ0) is 20.0. The number of aromatic nitrogens is 3. The average molecular weight is 404 g/mol. The van der Waals surface area contributed by atoms with E-state index in [4.69, 9.17) is 4.98 Å². The van der Waals surface area contributed by atoms with E-state index in [9.17, 15) is 9.59 Å². The largest absolute Gasteiger partial charge is 0.322 e. The van der Waals surface area contributed by atoms with Crippen LogP contribution >= 0.6 is 11.3 Å². The van der Waals surface area contributed by atoms with Crippen LogP contribution in [0.4, 0.5) is 5.69 Å². The summed E-state index contributed by atoms with van der Waals surface area (Å²) in [5, 5.41) is 4.50. The molecule has 0 fully saturated rings. The number of carbonyl (C=O) groups excluding carboxylic acids is 1. The van der Waals surface area contributed by atoms with Crippen LogP contribution in [0.1, 0.15) is 40.5 Å². The summed E-state index contributed by atoms with van der Waals surface area (Å²) < 4.78 is 2.83. The Balaban J connectivity index is 1.48. The predicted octanol–water partition coefficient (Wildman–Crippen LogP) is 4.29. The van der Waals surface area contributed by atoms with Crippen molar-refractivity contribution in [3.63, 3.8) is 0 Å². The number of rotatable bonds is 2. The first kappa shape index (κ1) is 18.0. The fraction of sp³-hybridized carbons (Fsp3) is 0.273. The molecular weight excluding hydrogens is 384 g/mol. The van der Waals surface area contributed by atoms with E-state index in [1.54, 1.807) is 34.1 Å². The number of aryl methyl sites for hydroxylation is 2. The van der Waals surface area contributed by atoms with Crippen LogP contribution in [-0.2, 0) is 13.0 Å². The van der Waals surface area contributed by atoms with Crippen LogP contribution in [0.2, 0.25) is 0 Å². The standard InChI is InChI=1S/C22H20N4O2S/c1-13-23-17-9-7-15(12-19(17)29-13)24-21(27)14-6-8-16-18(11-14)25-20-5-3-2-4-10-26(20)22(16)28/h6-9,11-12H,2-5,10H2,1H3,(H,24,27). The highest BCUT2D eigenvalue weighted by Crippen LogP contribution is 2.25. The average Bonchev–Trinajstić information content (AvgIpc) is 2.92. The van der Waals surface area contributed by atoms with Gasteiger partial charge in [-0.1, -0.05) is 6.42 Å². The van der Waals surface area contributed by atoms with Gasteiger partial charge >= 0.3 is 0 Å². The highest BCUT2D eigenvalue weighted by atomic mass is 32.1. The molecule has 29 heavy (non-hydrogen) atoms. The molecule has 4 aromatic rings. The number of carbonyl (C=O) groups is 1. The van der Waals surface area contributed by atoms with Crippen LogP contribution in [0.5, 0.6) is 0 Å². The highest BCUT2D eigenvalue weighted by Gasteiger charge is 2.15. The van der Waals surface area contributed by atoms with Gasteiger partial charge in [-0.3, -0.25) is 14.2 Å². The van der Waals surface area contributed by atoms with Crippen LogP contribution in [0.3, 0.4) is 0 Å². The summed E-state index contributed by atoms with van der Waals surface area (Å²) in [7, 11) is 0. The molecule has 1 aliphatic rings. The van der Waals surface area contributed by atoms with E-state index in [1.165, 1.54) is 0 Å². The lowest BCUT2D eigenvalue weighted by Gasteiger charge is -2.11. The first-order valence-electron chi connectivity index (χ1n) is 9.80. The number of benzene rings is 2. The van der Waals surface area contributed by atoms with Crippen LogP contribution in [0, 0.1) is 6.92 Å². The van der Waals surface area contributed by atoms with Gasteiger partial charge in [-0.2, -0.15) is 0 Å². The van der Waals surface area contributed by atoms with E-state index < -0.39 is 0 Å². The SMILES string of the molecule is Cc1nc2ccc(NC(=O)c3ccc4c(=O)n5c(nc4c3)CCCCC5)cc2s1. The summed E-state index contributed by atoms with van der Waals surface area (Å²) in [5.74, 6) is 0.605. The smallest absolute Gasteiger partial charge is 0.261 e. The van der Waals surface area contributed by atoms with E-state index in [1.807, 2.05) is 25.1 Å². The van der Waals surface area contributed by atoms with Gasteiger partial charge in [0.15, 0.2) is 0 Å². The molecule has 0 unspecified atom stereocenters. The number of thiazole rings is 1. The monoisotopic (exact) mass is 404 g/mol. The molecule has 0 spiro atoms. The number of nitrogens with zero attached hydrogens (tertiary/aromatic N) is 3. The van der Waals surface area contributed by atoms with Crippen molar-refractivity contribution in [2.75, 3.05) is 5.32 Å². The Morgan fingerprint density at radius 2 is 1.97 bits per heavy atom. The molecule has 0 saturated heterocycles. The number of fused-ring (bicyclic) bond motifs is 3. The minimum Gasteiger partial charge on any atom is -0.322 e. The van der Waals surface area contributed by atoms with E-state index in [2.05, 4.69) is 10.3 Å². The van der Waals surface area contributed by atoms with Crippen LogP contribution in [-0.4, -0.2) is 20.4 Å². The zero-order valence-electron chi connectivity index (χ0n) is 16.1. The second-order valence-corrected chi connectivity index (χ2v) is 8.63. The number of hydrogen-bond acceptors (Lipinski definition) is 5. The van der Waals surface area contributed by atoms with Gasteiger partial charge in [0.2, 0.25) is 0 Å². The molecule has 0 saturated carbocycles. The highest BCUT2D eigenvalue weighted by molar-refractivity contribution is 7.18. The lowest BCUT2D eigenvalue weighted by molar-refractivity contribution is 0.102. The maximum atomic E-state index is 12.8. The van der Waals surface area contributed by atoms with Gasteiger partial charge < -0.3 is 5.32 Å². The minimum absolute atomic E-state index is 0.00938. The third-order valence-corrected chi connectivity index (χ3v) is 6.27. The molecule has 3 heterocycles. The van der Waals surface area contributed by atoms with E-state index in [0.717, 1.165) is 59.0 Å². The number of nitrogens with one attached hydrogen (secondary N) is 1. The van der Waals surface area contributed by atoms with Crippen molar-refractivity contribution in [1.29, 1.82) is 0 Å². The predicted molar refractivity (Wildman–Crippen MR) is 116 cm³/mol. The fourth-order valence-corrected chi connectivity index (χ4v) is 4.75. The van der Waals surface area contributed by atoms with Crippen molar-refractivity contribution in [1.82, 2.24) is 14.5 Å². The summed E-state index contributed by atoms with van der Waals surface area (Å²) in [4.78, 5) is 34.8. The molecule has 2 aromatic carbocycles. The molecule has 146 valence electrons. The van der Waals surface area contributed by atoms with Crippen molar-refractivity contribution in [3.05, 3.63) is 63.1 Å². The van der Waals surface area contributed by atoms with Gasteiger partial charge in [-0.15, -0.1) is 11.3 Å². The zero-order valence-corrected chi connectivity index (χ0v) is 16.9. The Bertz CT molecular complexity index is 1320. The van der Waals surface area contributed by atoms with E-state index in [0.29, 0.717) is 16.5 Å². The summed E-state index contributed by atoms with van der Waals surface area (Å²) in [6.07, 6.45) is 3.95. The summed E-state index contributed by atoms with van der Waals surface area (Å²) >= 11 is 1.60. The van der Waals surface area contributed by atoms with Crippen molar-refractivity contribution >= 4 is 44.1 Å². The first-order chi connectivity index (χ1) is 14.1. The Labute approximate surface area is 171 Å². The topological polar surface area (TPSA) is 76.9 Å². The quantitative estimate of drug-likeness (QED) is 0.541. The van der Waals surface area contributed by atoms with Gasteiger partial charge in [0.1, 0.15) is 5.82 Å². The molecule has 5 rings (SSSR count). The van der Waals surface area contributed by atoms with Crippen LogP contribution < -0.4 is 10.9 Å². The van der Waals surface area contributed by atoms with E-state index >= 15 is 0 Å². The third kappa shape index (κ3) is 3.31. The molecule has 0 radical (unpaired) electrons. The molecule has 1 N–H and O–H groups in total. The summed E-state index contributed by atoms with van der Waals surface area (Å²) in [6, 6.07) is 10.8. The second-order valence-electron chi connectivity index (χ2n) is 7.40. The Morgan fingerprint density at radius 1 is 1.07 bits per heavy atom. The maximum absolute atomic E-state index is 12.8. The van der Waals surface area contributed by atoms with Gasteiger partial charge in [0.25, 0.3) is 11.5 Å². The first-order valence-corrected chi connectivity index (χ1v) is 10.6. The molecule has 1 amide bonds. The van der Waals surface area contributed by atoms with Crippen molar-refractivity contribution in [2.24, 2.45) is 0 Å². The molecule has 1 aliphatic heterocycles. The molecular formula is C22H20N4O2S. The molecule has 7 heteroatoms. The Kier molecular flexibility index (Phi) is 4.39. The summed E-state index contributed by atoms with van der Waals surface area (Å²) in [5.41, 5.74) is 2.72. The molecule has 0 atom stereocenters. The second kappa shape index (κ2) is 7.08.